The third kappa shape index (κ3) is 3.10. The minimum absolute atomic E-state index is 0.0903. The van der Waals surface area contributed by atoms with Crippen LogP contribution in [0.25, 0.3) is 0 Å². The predicted molar refractivity (Wildman–Crippen MR) is 76.0 cm³/mol. The molecule has 0 fully saturated rings. The van der Waals surface area contributed by atoms with Gasteiger partial charge in [0.25, 0.3) is 0 Å². The first-order valence-corrected chi connectivity index (χ1v) is 8.12. The molecule has 1 aliphatic rings. The summed E-state index contributed by atoms with van der Waals surface area (Å²) >= 11 is 5.22. The maximum Gasteiger partial charge on any atom is 0.227 e. The summed E-state index contributed by atoms with van der Waals surface area (Å²) in [6, 6.07) is 2.12. The number of carbonyl (C=O) groups excluding carboxylic acids is 1. The summed E-state index contributed by atoms with van der Waals surface area (Å²) in [5, 5.41) is 6.11. The second kappa shape index (κ2) is 6.01. The minimum Gasteiger partial charge on any atom is -0.355 e. The van der Waals surface area contributed by atoms with Crippen LogP contribution in [-0.4, -0.2) is 17.8 Å². The fourth-order valence-corrected chi connectivity index (χ4v) is 3.43. The lowest BCUT2D eigenvalue weighted by Gasteiger charge is -2.22. The number of carbonyl (C=O) groups is 1. The van der Waals surface area contributed by atoms with Crippen molar-refractivity contribution < 1.29 is 4.79 Å². The highest BCUT2D eigenvalue weighted by Crippen LogP contribution is 2.34. The highest BCUT2D eigenvalue weighted by Gasteiger charge is 2.27. The van der Waals surface area contributed by atoms with Gasteiger partial charge >= 0.3 is 0 Å². The van der Waals surface area contributed by atoms with E-state index in [0.717, 1.165) is 31.1 Å². The van der Waals surface area contributed by atoms with Crippen LogP contribution in [0.1, 0.15) is 36.1 Å². The zero-order valence-electron chi connectivity index (χ0n) is 10.0. The number of fused-ring (bicyclic) bond motifs is 1. The van der Waals surface area contributed by atoms with Gasteiger partial charge in [0.2, 0.25) is 5.91 Å². The highest BCUT2D eigenvalue weighted by atomic mass is 79.9. The molecule has 2 unspecified atom stereocenters. The number of alkyl halides is 1. The quantitative estimate of drug-likeness (QED) is 0.848. The van der Waals surface area contributed by atoms with E-state index in [4.69, 9.17) is 0 Å². The van der Waals surface area contributed by atoms with E-state index in [-0.39, 0.29) is 11.8 Å². The fourth-order valence-electron chi connectivity index (χ4n) is 2.21. The van der Waals surface area contributed by atoms with Crippen LogP contribution in [-0.2, 0) is 11.2 Å². The van der Waals surface area contributed by atoms with Crippen LogP contribution in [0.2, 0.25) is 0 Å². The Bertz CT molecular complexity index is 391. The summed E-state index contributed by atoms with van der Waals surface area (Å²) in [5.41, 5.74) is 1.27. The van der Waals surface area contributed by atoms with E-state index in [1.165, 1.54) is 10.4 Å². The first-order valence-electron chi connectivity index (χ1n) is 6.12. The number of nitrogens with one attached hydrogen (secondary N) is 1. The predicted octanol–water partition coefficient (Wildman–Crippen LogP) is 3.32. The Morgan fingerprint density at radius 1 is 1.71 bits per heavy atom. The normalized spacial score (nSPS) is 20.7. The second-order valence-corrected chi connectivity index (χ2v) is 6.40. The number of thiophene rings is 1. The van der Waals surface area contributed by atoms with Crippen molar-refractivity contribution in [3.63, 3.8) is 0 Å². The Kier molecular flexibility index (Phi) is 4.62. The van der Waals surface area contributed by atoms with Crippen molar-refractivity contribution >= 4 is 33.2 Å². The molecule has 0 aromatic carbocycles. The van der Waals surface area contributed by atoms with Gasteiger partial charge in [-0.1, -0.05) is 22.9 Å². The molecule has 0 saturated heterocycles. The molecule has 1 N–H and O–H groups in total. The molecule has 1 aromatic heterocycles. The van der Waals surface area contributed by atoms with Gasteiger partial charge in [0.15, 0.2) is 0 Å². The van der Waals surface area contributed by atoms with E-state index in [9.17, 15) is 4.79 Å². The molecule has 4 heteroatoms. The van der Waals surface area contributed by atoms with Gasteiger partial charge in [0, 0.05) is 16.8 Å². The maximum atomic E-state index is 12.2. The number of halogens is 1. The number of rotatable bonds is 4. The topological polar surface area (TPSA) is 29.1 Å². The Morgan fingerprint density at radius 3 is 3.29 bits per heavy atom. The summed E-state index contributed by atoms with van der Waals surface area (Å²) in [4.78, 5) is 13.6. The molecule has 0 radical (unpaired) electrons. The van der Waals surface area contributed by atoms with Crippen LogP contribution >= 0.6 is 27.3 Å². The van der Waals surface area contributed by atoms with Gasteiger partial charge in [0.05, 0.1) is 5.92 Å². The number of hydrogen-bond acceptors (Lipinski definition) is 2. The highest BCUT2D eigenvalue weighted by molar-refractivity contribution is 9.09. The Hall–Kier alpha value is -0.350. The maximum absolute atomic E-state index is 12.2. The standard InChI is InChI=1S/C13H18BrNOS/c1-9(7-14)8-15-13(16)11-3-2-4-12-10(11)5-6-17-12/h5-6,9,11H,2-4,7-8H2,1H3,(H,15,16). The van der Waals surface area contributed by atoms with Crippen LogP contribution in [0.15, 0.2) is 11.4 Å². The molecule has 94 valence electrons. The monoisotopic (exact) mass is 315 g/mol. The number of hydrogen-bond donors (Lipinski definition) is 1. The minimum atomic E-state index is 0.0903. The molecule has 1 heterocycles. The lowest BCUT2D eigenvalue weighted by Crippen LogP contribution is -2.34. The Morgan fingerprint density at radius 2 is 2.53 bits per heavy atom. The van der Waals surface area contributed by atoms with Crippen molar-refractivity contribution in [2.75, 3.05) is 11.9 Å². The lowest BCUT2D eigenvalue weighted by molar-refractivity contribution is -0.123. The molecule has 0 bridgehead atoms. The molecular weight excluding hydrogens is 298 g/mol. The van der Waals surface area contributed by atoms with Crippen molar-refractivity contribution in [2.24, 2.45) is 5.92 Å². The first-order chi connectivity index (χ1) is 8.22. The van der Waals surface area contributed by atoms with Crippen LogP contribution in [0, 0.1) is 5.92 Å². The summed E-state index contributed by atoms with van der Waals surface area (Å²) in [7, 11) is 0. The first kappa shape index (κ1) is 13.1. The molecule has 2 rings (SSSR count). The molecule has 1 amide bonds. The van der Waals surface area contributed by atoms with Crippen LogP contribution in [0.3, 0.4) is 0 Å². The molecule has 0 saturated carbocycles. The smallest absolute Gasteiger partial charge is 0.227 e. The number of amides is 1. The lowest BCUT2D eigenvalue weighted by atomic mass is 9.87. The van der Waals surface area contributed by atoms with Crippen molar-refractivity contribution in [3.8, 4) is 0 Å². The summed E-state index contributed by atoms with van der Waals surface area (Å²) < 4.78 is 0. The zero-order valence-corrected chi connectivity index (χ0v) is 12.4. The van der Waals surface area contributed by atoms with E-state index in [2.05, 4.69) is 39.6 Å². The van der Waals surface area contributed by atoms with Gasteiger partial charge in [-0.3, -0.25) is 4.79 Å². The summed E-state index contributed by atoms with van der Waals surface area (Å²) in [5.74, 6) is 0.786. The van der Waals surface area contributed by atoms with Gasteiger partial charge in [0.1, 0.15) is 0 Å². The van der Waals surface area contributed by atoms with Crippen LogP contribution in [0.4, 0.5) is 0 Å². The average Bonchev–Trinajstić information content (AvgIpc) is 2.83. The Balaban J connectivity index is 1.97. The zero-order chi connectivity index (χ0) is 12.3. The van der Waals surface area contributed by atoms with Gasteiger partial charge in [-0.25, -0.2) is 0 Å². The second-order valence-electron chi connectivity index (χ2n) is 4.75. The average molecular weight is 316 g/mol. The third-order valence-electron chi connectivity index (χ3n) is 3.26. The van der Waals surface area contributed by atoms with E-state index in [1.54, 1.807) is 11.3 Å². The van der Waals surface area contributed by atoms with Gasteiger partial charge < -0.3 is 5.32 Å². The fraction of sp³-hybridized carbons (Fsp3) is 0.615. The molecule has 1 aliphatic carbocycles. The van der Waals surface area contributed by atoms with Gasteiger partial charge in [-0.15, -0.1) is 11.3 Å². The Labute approximate surface area is 115 Å². The van der Waals surface area contributed by atoms with E-state index >= 15 is 0 Å². The molecule has 0 spiro atoms. The van der Waals surface area contributed by atoms with Crippen molar-refractivity contribution in [1.29, 1.82) is 0 Å². The van der Waals surface area contributed by atoms with Gasteiger partial charge in [-0.05, 0) is 42.2 Å². The molecule has 17 heavy (non-hydrogen) atoms. The SMILES string of the molecule is CC(CBr)CNC(=O)C1CCCc2sccc21. The van der Waals surface area contributed by atoms with Crippen LogP contribution < -0.4 is 5.32 Å². The molecule has 0 aliphatic heterocycles. The third-order valence-corrected chi connectivity index (χ3v) is 5.36. The molecule has 1 aromatic rings. The van der Waals surface area contributed by atoms with Crippen LogP contribution in [0.5, 0.6) is 0 Å². The van der Waals surface area contributed by atoms with E-state index < -0.39 is 0 Å². The van der Waals surface area contributed by atoms with E-state index in [1.807, 2.05) is 0 Å². The van der Waals surface area contributed by atoms with Crippen molar-refractivity contribution in [3.05, 3.63) is 21.9 Å². The molecule has 2 nitrogen and oxygen atoms in total. The largest absolute Gasteiger partial charge is 0.355 e. The van der Waals surface area contributed by atoms with Crippen molar-refractivity contribution in [2.45, 2.75) is 32.1 Å². The molecular formula is C13H18BrNOS. The van der Waals surface area contributed by atoms with Gasteiger partial charge in [-0.2, -0.15) is 0 Å². The number of aryl methyl sites for hydroxylation is 1. The molecule has 2 atom stereocenters. The van der Waals surface area contributed by atoms with E-state index in [0.29, 0.717) is 5.92 Å². The summed E-state index contributed by atoms with van der Waals surface area (Å²) in [6.45, 7) is 2.89. The summed E-state index contributed by atoms with van der Waals surface area (Å²) in [6.07, 6.45) is 3.28. The van der Waals surface area contributed by atoms with Crippen molar-refractivity contribution in [1.82, 2.24) is 5.32 Å².